The van der Waals surface area contributed by atoms with E-state index in [1.54, 1.807) is 4.31 Å². The van der Waals surface area contributed by atoms with Crippen LogP contribution in [0.3, 0.4) is 0 Å². The number of amides is 1. The first kappa shape index (κ1) is 17.7. The maximum atomic E-state index is 12.5. The first-order valence-corrected chi connectivity index (χ1v) is 9.57. The lowest BCUT2D eigenvalue weighted by atomic mass is 10.2. The molecule has 0 N–H and O–H groups in total. The number of rotatable bonds is 5. The summed E-state index contributed by atoms with van der Waals surface area (Å²) < 4.78 is 15.8. The molecule has 7 heteroatoms. The van der Waals surface area contributed by atoms with Gasteiger partial charge in [-0.15, -0.1) is 8.61 Å². The predicted octanol–water partition coefficient (Wildman–Crippen LogP) is 0.724. The van der Waals surface area contributed by atoms with E-state index in [1.165, 1.54) is 5.56 Å². The predicted molar refractivity (Wildman–Crippen MR) is 97.0 cm³/mol. The van der Waals surface area contributed by atoms with Crippen LogP contribution in [0.15, 0.2) is 24.3 Å². The van der Waals surface area contributed by atoms with Gasteiger partial charge in [0.05, 0.1) is 13.1 Å². The zero-order valence-corrected chi connectivity index (χ0v) is 15.3. The van der Waals surface area contributed by atoms with Crippen LogP contribution in [-0.4, -0.2) is 77.3 Å². The van der Waals surface area contributed by atoms with Gasteiger partial charge >= 0.3 is 0 Å². The summed E-state index contributed by atoms with van der Waals surface area (Å²) in [5.74, 6) is 0.208. The molecule has 1 saturated heterocycles. The SMILES string of the molecule is CN(C)[S+]([O-])N1CCN(CCC(=O)N2CCc3ccccc32)CC1. The van der Waals surface area contributed by atoms with Gasteiger partial charge in [-0.2, -0.15) is 0 Å². The maximum absolute atomic E-state index is 12.5. The van der Waals surface area contributed by atoms with Crippen molar-refractivity contribution < 1.29 is 9.35 Å². The van der Waals surface area contributed by atoms with Crippen molar-refractivity contribution in [3.63, 3.8) is 0 Å². The van der Waals surface area contributed by atoms with Crippen LogP contribution in [0.25, 0.3) is 0 Å². The van der Waals surface area contributed by atoms with E-state index in [4.69, 9.17) is 0 Å². The standard InChI is InChI=1S/C17H26N4O2S/c1-18(2)24(23)20-13-11-19(12-14-20)9-8-17(22)21-10-7-15-5-3-4-6-16(15)21/h3-6H,7-14H2,1-2H3. The Hall–Kier alpha value is -1.12. The largest absolute Gasteiger partial charge is 0.578 e. The van der Waals surface area contributed by atoms with Crippen LogP contribution < -0.4 is 4.90 Å². The van der Waals surface area contributed by atoms with Gasteiger partial charge in [-0.3, -0.25) is 9.69 Å². The van der Waals surface area contributed by atoms with Gasteiger partial charge in [0, 0.05) is 52.4 Å². The molecule has 2 aliphatic heterocycles. The lowest BCUT2D eigenvalue weighted by Gasteiger charge is -2.35. The third kappa shape index (κ3) is 3.92. The zero-order valence-electron chi connectivity index (χ0n) is 14.5. The number of carbonyl (C=O) groups excluding carboxylic acids is 1. The molecule has 1 fully saturated rings. The molecule has 0 spiro atoms. The molecule has 1 unspecified atom stereocenters. The van der Waals surface area contributed by atoms with E-state index in [-0.39, 0.29) is 5.91 Å². The van der Waals surface area contributed by atoms with Crippen molar-refractivity contribution >= 4 is 23.1 Å². The lowest BCUT2D eigenvalue weighted by molar-refractivity contribution is -0.118. The minimum Gasteiger partial charge on any atom is -0.578 e. The Bertz CT molecular complexity index is 575. The highest BCUT2D eigenvalue weighted by molar-refractivity contribution is 7.86. The van der Waals surface area contributed by atoms with Gasteiger partial charge in [0.2, 0.25) is 5.91 Å². The smallest absolute Gasteiger partial charge is 0.228 e. The van der Waals surface area contributed by atoms with Crippen molar-refractivity contribution in [1.29, 1.82) is 0 Å². The Morgan fingerprint density at radius 1 is 1.17 bits per heavy atom. The fraction of sp³-hybridized carbons (Fsp3) is 0.588. The molecule has 1 atom stereocenters. The quantitative estimate of drug-likeness (QED) is 0.733. The Labute approximate surface area is 147 Å². The number of carbonyl (C=O) groups is 1. The number of anilines is 1. The van der Waals surface area contributed by atoms with Crippen LogP contribution in [0.5, 0.6) is 0 Å². The van der Waals surface area contributed by atoms with Gasteiger partial charge in [-0.1, -0.05) is 18.2 Å². The highest BCUT2D eigenvalue weighted by Gasteiger charge is 2.29. The van der Waals surface area contributed by atoms with E-state index in [0.717, 1.165) is 51.4 Å². The number of hydrogen-bond donors (Lipinski definition) is 0. The molecule has 24 heavy (non-hydrogen) atoms. The molecule has 0 aliphatic carbocycles. The Balaban J connectivity index is 1.45. The second kappa shape index (κ2) is 7.84. The summed E-state index contributed by atoms with van der Waals surface area (Å²) in [5, 5.41) is 0. The Morgan fingerprint density at radius 2 is 1.88 bits per heavy atom. The molecule has 2 aliphatic rings. The second-order valence-corrected chi connectivity index (χ2v) is 8.20. The van der Waals surface area contributed by atoms with E-state index in [2.05, 4.69) is 11.0 Å². The van der Waals surface area contributed by atoms with E-state index >= 15 is 0 Å². The van der Waals surface area contributed by atoms with Crippen molar-refractivity contribution in [2.24, 2.45) is 0 Å². The molecular formula is C17H26N4O2S. The van der Waals surface area contributed by atoms with Crippen LogP contribution in [0.2, 0.25) is 0 Å². The number of para-hydroxylation sites is 1. The first-order valence-electron chi connectivity index (χ1n) is 8.51. The van der Waals surface area contributed by atoms with Crippen LogP contribution >= 0.6 is 0 Å². The molecule has 0 radical (unpaired) electrons. The van der Waals surface area contributed by atoms with E-state index in [0.29, 0.717) is 6.42 Å². The summed E-state index contributed by atoms with van der Waals surface area (Å²) >= 11 is -1.05. The van der Waals surface area contributed by atoms with Gasteiger partial charge in [-0.25, -0.2) is 0 Å². The minimum atomic E-state index is -1.05. The van der Waals surface area contributed by atoms with E-state index in [1.807, 2.05) is 41.5 Å². The Morgan fingerprint density at radius 3 is 2.58 bits per heavy atom. The summed E-state index contributed by atoms with van der Waals surface area (Å²) in [5.41, 5.74) is 2.35. The molecule has 1 amide bonds. The summed E-state index contributed by atoms with van der Waals surface area (Å²) in [6.07, 6.45) is 1.50. The fourth-order valence-electron chi connectivity index (χ4n) is 3.33. The molecule has 132 valence electrons. The highest BCUT2D eigenvalue weighted by Crippen LogP contribution is 2.27. The van der Waals surface area contributed by atoms with Gasteiger partial charge in [0.15, 0.2) is 0 Å². The van der Waals surface area contributed by atoms with Gasteiger partial charge in [0.1, 0.15) is 11.5 Å². The molecule has 0 aromatic heterocycles. The van der Waals surface area contributed by atoms with Crippen LogP contribution in [-0.2, 0) is 22.8 Å². The summed E-state index contributed by atoms with van der Waals surface area (Å²) in [6, 6.07) is 8.17. The van der Waals surface area contributed by atoms with Crippen molar-refractivity contribution in [3.05, 3.63) is 29.8 Å². The average Bonchev–Trinajstić information content (AvgIpc) is 3.03. The monoisotopic (exact) mass is 350 g/mol. The topological polar surface area (TPSA) is 53.1 Å². The van der Waals surface area contributed by atoms with Crippen LogP contribution in [0.1, 0.15) is 12.0 Å². The third-order valence-corrected chi connectivity index (χ3v) is 6.13. The molecule has 1 aromatic carbocycles. The number of hydrogen-bond acceptors (Lipinski definition) is 5. The molecule has 6 nitrogen and oxygen atoms in total. The lowest BCUT2D eigenvalue weighted by Crippen LogP contribution is -2.52. The molecule has 3 rings (SSSR count). The number of nitrogens with zero attached hydrogens (tertiary/aromatic N) is 4. The minimum absolute atomic E-state index is 0.208. The second-order valence-electron chi connectivity index (χ2n) is 6.49. The summed E-state index contributed by atoms with van der Waals surface area (Å²) in [4.78, 5) is 16.8. The first-order chi connectivity index (χ1) is 11.6. The normalized spacial score (nSPS) is 20.4. The van der Waals surface area contributed by atoms with Crippen molar-refractivity contribution in [2.75, 3.05) is 58.3 Å². The highest BCUT2D eigenvalue weighted by atomic mass is 32.2. The fourth-order valence-corrected chi connectivity index (χ4v) is 4.26. The molecule has 0 bridgehead atoms. The molecule has 1 aromatic rings. The van der Waals surface area contributed by atoms with E-state index in [9.17, 15) is 9.35 Å². The summed E-state index contributed by atoms with van der Waals surface area (Å²) in [7, 11) is 3.66. The number of fused-ring (bicyclic) bond motifs is 1. The van der Waals surface area contributed by atoms with Gasteiger partial charge in [0.25, 0.3) is 0 Å². The van der Waals surface area contributed by atoms with Crippen molar-refractivity contribution in [3.8, 4) is 0 Å². The van der Waals surface area contributed by atoms with Crippen molar-refractivity contribution in [2.45, 2.75) is 12.8 Å². The van der Waals surface area contributed by atoms with Crippen LogP contribution in [0, 0.1) is 0 Å². The molecule has 0 saturated carbocycles. The molecule has 2 heterocycles. The average molecular weight is 350 g/mol. The molecular weight excluding hydrogens is 324 g/mol. The number of piperazine rings is 1. The number of benzene rings is 1. The third-order valence-electron chi connectivity index (χ3n) is 4.69. The van der Waals surface area contributed by atoms with Crippen molar-refractivity contribution in [1.82, 2.24) is 13.5 Å². The zero-order chi connectivity index (χ0) is 17.1. The summed E-state index contributed by atoms with van der Waals surface area (Å²) in [6.45, 7) is 4.87. The van der Waals surface area contributed by atoms with Gasteiger partial charge in [-0.05, 0) is 18.1 Å². The van der Waals surface area contributed by atoms with E-state index < -0.39 is 11.5 Å². The van der Waals surface area contributed by atoms with Crippen LogP contribution in [0.4, 0.5) is 5.69 Å². The Kier molecular flexibility index (Phi) is 5.78. The maximum Gasteiger partial charge on any atom is 0.228 e. The van der Waals surface area contributed by atoms with Gasteiger partial charge < -0.3 is 9.45 Å².